The third-order valence-electron chi connectivity index (χ3n) is 2.85. The summed E-state index contributed by atoms with van der Waals surface area (Å²) < 4.78 is 66.1. The zero-order valence-electron chi connectivity index (χ0n) is 11.2. The van der Waals surface area contributed by atoms with Gasteiger partial charge in [-0.3, -0.25) is 4.79 Å². The van der Waals surface area contributed by atoms with Gasteiger partial charge < -0.3 is 4.74 Å². The van der Waals surface area contributed by atoms with Gasteiger partial charge in [-0.15, -0.1) is 0 Å². The van der Waals surface area contributed by atoms with Crippen molar-refractivity contribution in [3.63, 3.8) is 0 Å². The first-order chi connectivity index (χ1) is 10.1. The molecule has 22 heavy (non-hydrogen) atoms. The molecule has 0 spiro atoms. The lowest BCUT2D eigenvalue weighted by Gasteiger charge is -2.11. The largest absolute Gasteiger partial charge is 0.517 e. The quantitative estimate of drug-likeness (QED) is 0.640. The maximum Gasteiger partial charge on any atom is 0.517 e. The predicted octanol–water partition coefficient (Wildman–Crippen LogP) is 2.91. The van der Waals surface area contributed by atoms with Crippen LogP contribution in [0.1, 0.15) is 12.5 Å². The van der Waals surface area contributed by atoms with Crippen molar-refractivity contribution >= 4 is 33.0 Å². The Morgan fingerprint density at radius 1 is 1.32 bits per heavy atom. The molecule has 0 radical (unpaired) electrons. The Labute approximate surface area is 123 Å². The van der Waals surface area contributed by atoms with Gasteiger partial charge in [0.2, 0.25) is 0 Å². The second kappa shape index (κ2) is 5.16. The van der Waals surface area contributed by atoms with Gasteiger partial charge in [-0.2, -0.15) is 21.6 Å². The van der Waals surface area contributed by atoms with E-state index in [0.29, 0.717) is 0 Å². The molecule has 0 unspecified atom stereocenters. The van der Waals surface area contributed by atoms with Gasteiger partial charge in [-0.25, -0.2) is 3.97 Å². The van der Waals surface area contributed by atoms with E-state index in [4.69, 9.17) is 4.74 Å². The lowest BCUT2D eigenvalue weighted by molar-refractivity contribution is -0.131. The molecule has 9 heteroatoms. The predicted molar refractivity (Wildman–Crippen MR) is 73.7 cm³/mol. The first-order valence-electron chi connectivity index (χ1n) is 5.86. The standard InChI is InChI=1S/C13H10F3NO4S/c1-3-9-10-6-7-17(22(19,20)13(14,15)16)11(10)4-5-12(9)21-8(2)18/h3-7H,1H2,2H3. The summed E-state index contributed by atoms with van der Waals surface area (Å²) in [6, 6.07) is 3.52. The molecule has 0 saturated carbocycles. The van der Waals surface area contributed by atoms with Crippen LogP contribution in [0.25, 0.3) is 17.0 Å². The van der Waals surface area contributed by atoms with Crippen LogP contribution in [0.2, 0.25) is 0 Å². The molecule has 0 N–H and O–H groups in total. The van der Waals surface area contributed by atoms with Crippen LogP contribution in [0, 0.1) is 0 Å². The molecule has 1 heterocycles. The Bertz CT molecular complexity index is 865. The van der Waals surface area contributed by atoms with Crippen LogP contribution in [-0.2, 0) is 14.8 Å². The van der Waals surface area contributed by atoms with E-state index >= 15 is 0 Å². The molecule has 5 nitrogen and oxygen atoms in total. The Hall–Kier alpha value is -2.29. The summed E-state index contributed by atoms with van der Waals surface area (Å²) in [6.07, 6.45) is 2.06. The minimum absolute atomic E-state index is 0.0807. The molecular weight excluding hydrogens is 323 g/mol. The van der Waals surface area contributed by atoms with Crippen molar-refractivity contribution < 1.29 is 31.1 Å². The summed E-state index contributed by atoms with van der Waals surface area (Å²) in [5, 5.41) is 0.168. The summed E-state index contributed by atoms with van der Waals surface area (Å²) in [4.78, 5) is 11.0. The summed E-state index contributed by atoms with van der Waals surface area (Å²) >= 11 is 0. The minimum atomic E-state index is -5.55. The van der Waals surface area contributed by atoms with Crippen molar-refractivity contribution in [3.05, 3.63) is 36.5 Å². The highest BCUT2D eigenvalue weighted by atomic mass is 32.2. The smallest absolute Gasteiger partial charge is 0.426 e. The topological polar surface area (TPSA) is 65.4 Å². The molecule has 0 fully saturated rings. The number of rotatable bonds is 3. The van der Waals surface area contributed by atoms with E-state index in [-0.39, 0.29) is 26.2 Å². The number of benzene rings is 1. The van der Waals surface area contributed by atoms with Gasteiger partial charge in [-0.05, 0) is 18.2 Å². The average molecular weight is 333 g/mol. The monoisotopic (exact) mass is 333 g/mol. The molecule has 0 atom stereocenters. The van der Waals surface area contributed by atoms with Crippen LogP contribution in [0.4, 0.5) is 13.2 Å². The van der Waals surface area contributed by atoms with Crippen LogP contribution in [0.15, 0.2) is 31.0 Å². The highest BCUT2D eigenvalue weighted by Gasteiger charge is 2.47. The molecule has 0 aliphatic carbocycles. The Kier molecular flexibility index (Phi) is 3.78. The van der Waals surface area contributed by atoms with Crippen molar-refractivity contribution in [2.45, 2.75) is 12.4 Å². The first kappa shape index (κ1) is 16.1. The van der Waals surface area contributed by atoms with Crippen LogP contribution in [0.3, 0.4) is 0 Å². The van der Waals surface area contributed by atoms with Crippen molar-refractivity contribution in [1.29, 1.82) is 0 Å². The molecule has 118 valence electrons. The number of aromatic nitrogens is 1. The molecule has 0 amide bonds. The first-order valence-corrected chi connectivity index (χ1v) is 7.30. The molecule has 0 aliphatic rings. The van der Waals surface area contributed by atoms with Gasteiger partial charge in [0.05, 0.1) is 5.52 Å². The lowest BCUT2D eigenvalue weighted by atomic mass is 10.1. The van der Waals surface area contributed by atoms with Gasteiger partial charge in [0.1, 0.15) is 5.75 Å². The highest BCUT2D eigenvalue weighted by molar-refractivity contribution is 7.90. The summed E-state index contributed by atoms with van der Waals surface area (Å²) in [5.41, 5.74) is -5.39. The average Bonchev–Trinajstić information content (AvgIpc) is 2.80. The van der Waals surface area contributed by atoms with E-state index in [2.05, 4.69) is 6.58 Å². The number of carbonyl (C=O) groups is 1. The van der Waals surface area contributed by atoms with Gasteiger partial charge in [0.25, 0.3) is 0 Å². The number of carbonyl (C=O) groups excluding carboxylic acids is 1. The van der Waals surface area contributed by atoms with Crippen LogP contribution >= 0.6 is 0 Å². The van der Waals surface area contributed by atoms with E-state index in [1.54, 1.807) is 0 Å². The maximum absolute atomic E-state index is 12.7. The molecule has 0 saturated heterocycles. The number of hydrogen-bond acceptors (Lipinski definition) is 4. The molecule has 0 aliphatic heterocycles. The van der Waals surface area contributed by atoms with Crippen molar-refractivity contribution in [3.8, 4) is 5.75 Å². The van der Waals surface area contributed by atoms with Crippen LogP contribution in [-0.4, -0.2) is 23.9 Å². The SMILES string of the molecule is C=Cc1c(OC(C)=O)ccc2c1ccn2S(=O)(=O)C(F)(F)F. The van der Waals surface area contributed by atoms with Gasteiger partial charge in [0, 0.05) is 24.1 Å². The second-order valence-electron chi connectivity index (χ2n) is 4.27. The van der Waals surface area contributed by atoms with Gasteiger partial charge in [0.15, 0.2) is 0 Å². The molecule has 1 aromatic heterocycles. The number of alkyl halides is 3. The van der Waals surface area contributed by atoms with E-state index in [1.165, 1.54) is 18.2 Å². The number of halogens is 3. The fraction of sp³-hybridized carbons (Fsp3) is 0.154. The number of esters is 1. The number of nitrogens with zero attached hydrogens (tertiary/aromatic N) is 1. The number of fused-ring (bicyclic) bond motifs is 1. The zero-order chi connectivity index (χ0) is 16.7. The van der Waals surface area contributed by atoms with Crippen LogP contribution in [0.5, 0.6) is 5.75 Å². The van der Waals surface area contributed by atoms with Crippen molar-refractivity contribution in [1.82, 2.24) is 3.97 Å². The van der Waals surface area contributed by atoms with Gasteiger partial charge >= 0.3 is 21.5 Å². The molecule has 2 rings (SSSR count). The molecule has 2 aromatic rings. The minimum Gasteiger partial charge on any atom is -0.426 e. The Morgan fingerprint density at radius 2 is 1.95 bits per heavy atom. The van der Waals surface area contributed by atoms with E-state index < -0.39 is 21.5 Å². The maximum atomic E-state index is 12.7. The lowest BCUT2D eigenvalue weighted by Crippen LogP contribution is -2.29. The van der Waals surface area contributed by atoms with Crippen molar-refractivity contribution in [2.24, 2.45) is 0 Å². The zero-order valence-corrected chi connectivity index (χ0v) is 12.0. The van der Waals surface area contributed by atoms with Crippen molar-refractivity contribution in [2.75, 3.05) is 0 Å². The molecular formula is C13H10F3NO4S. The van der Waals surface area contributed by atoms with E-state index in [1.807, 2.05) is 0 Å². The highest BCUT2D eigenvalue weighted by Crippen LogP contribution is 2.34. The number of ether oxygens (including phenoxy) is 1. The summed E-state index contributed by atoms with van der Waals surface area (Å²) in [5.74, 6) is -0.540. The Morgan fingerprint density at radius 3 is 2.45 bits per heavy atom. The molecule has 1 aromatic carbocycles. The number of hydrogen-bond donors (Lipinski definition) is 0. The van der Waals surface area contributed by atoms with E-state index in [9.17, 15) is 26.4 Å². The molecule has 0 bridgehead atoms. The van der Waals surface area contributed by atoms with E-state index in [0.717, 1.165) is 19.2 Å². The Balaban J connectivity index is 2.75. The summed E-state index contributed by atoms with van der Waals surface area (Å²) in [6.45, 7) is 4.66. The summed E-state index contributed by atoms with van der Waals surface area (Å²) in [7, 11) is -5.55. The fourth-order valence-corrected chi connectivity index (χ4v) is 2.83. The normalized spacial score (nSPS) is 12.4. The second-order valence-corrected chi connectivity index (χ2v) is 6.08. The third-order valence-corrected chi connectivity index (χ3v) is 4.27. The fourth-order valence-electron chi connectivity index (χ4n) is 1.97. The van der Waals surface area contributed by atoms with Gasteiger partial charge in [-0.1, -0.05) is 12.7 Å². The van der Waals surface area contributed by atoms with Crippen LogP contribution < -0.4 is 4.74 Å². The third kappa shape index (κ3) is 2.47.